The van der Waals surface area contributed by atoms with E-state index in [9.17, 15) is 0 Å². The molecule has 0 atom stereocenters. The fourth-order valence-corrected chi connectivity index (χ4v) is 3.76. The van der Waals surface area contributed by atoms with Gasteiger partial charge in [-0.3, -0.25) is 4.68 Å². The van der Waals surface area contributed by atoms with E-state index in [0.29, 0.717) is 11.7 Å². The van der Waals surface area contributed by atoms with E-state index in [1.54, 1.807) is 0 Å². The molecule has 116 valence electrons. The number of hydrogen-bond acceptors (Lipinski definition) is 4. The summed E-state index contributed by atoms with van der Waals surface area (Å²) in [7, 11) is 0. The fraction of sp³-hybridized carbons (Fsp3) is 0.389. The zero-order valence-electron chi connectivity index (χ0n) is 13.0. The molecule has 0 bridgehead atoms. The van der Waals surface area contributed by atoms with Crippen molar-refractivity contribution in [2.45, 2.75) is 45.1 Å². The molecule has 3 aromatic rings. The quantitative estimate of drug-likeness (QED) is 0.728. The summed E-state index contributed by atoms with van der Waals surface area (Å²) < 4.78 is 7.60. The van der Waals surface area contributed by atoms with Crippen LogP contribution in [0.4, 0.5) is 0 Å². The Labute approximate surface area is 134 Å². The Balaban J connectivity index is 1.52. The van der Waals surface area contributed by atoms with E-state index in [2.05, 4.69) is 38.1 Å². The minimum atomic E-state index is 0.587. The van der Waals surface area contributed by atoms with Crippen molar-refractivity contribution < 1.29 is 4.52 Å². The molecule has 1 aliphatic heterocycles. The molecule has 0 fully saturated rings. The normalized spacial score (nSPS) is 16.3. The van der Waals surface area contributed by atoms with E-state index in [1.807, 2.05) is 6.20 Å². The van der Waals surface area contributed by atoms with Gasteiger partial charge >= 0.3 is 0 Å². The Morgan fingerprint density at radius 2 is 1.96 bits per heavy atom. The average Bonchev–Trinajstić information content (AvgIpc) is 3.32. The van der Waals surface area contributed by atoms with Crippen LogP contribution in [0.2, 0.25) is 0 Å². The van der Waals surface area contributed by atoms with Crippen LogP contribution in [0.15, 0.2) is 28.9 Å². The third kappa shape index (κ3) is 2.11. The molecule has 5 nitrogen and oxygen atoms in total. The highest BCUT2D eigenvalue weighted by Gasteiger charge is 2.21. The summed E-state index contributed by atoms with van der Waals surface area (Å²) in [5.41, 5.74) is 6.15. The van der Waals surface area contributed by atoms with Crippen molar-refractivity contribution in [3.05, 3.63) is 41.2 Å². The molecule has 3 heterocycles. The number of aryl methyl sites for hydroxylation is 3. The molecule has 1 aromatic carbocycles. The molecule has 0 spiro atoms. The van der Waals surface area contributed by atoms with Crippen molar-refractivity contribution in [2.24, 2.45) is 0 Å². The molecule has 5 heteroatoms. The van der Waals surface area contributed by atoms with Crippen LogP contribution in [-0.4, -0.2) is 19.9 Å². The lowest BCUT2D eigenvalue weighted by Gasteiger charge is -2.13. The molecule has 2 aromatic heterocycles. The minimum Gasteiger partial charge on any atom is -0.333 e. The number of benzene rings is 1. The third-order valence-corrected chi connectivity index (χ3v) is 5.00. The van der Waals surface area contributed by atoms with Crippen LogP contribution in [0.25, 0.3) is 22.8 Å². The van der Waals surface area contributed by atoms with Gasteiger partial charge in [0.05, 0.1) is 17.5 Å². The summed E-state index contributed by atoms with van der Waals surface area (Å²) in [5, 5.41) is 8.64. The van der Waals surface area contributed by atoms with Crippen molar-refractivity contribution in [3.8, 4) is 22.8 Å². The summed E-state index contributed by atoms with van der Waals surface area (Å²) in [6, 6.07) is 6.52. The monoisotopic (exact) mass is 306 g/mol. The van der Waals surface area contributed by atoms with Gasteiger partial charge in [-0.2, -0.15) is 10.1 Å². The maximum absolute atomic E-state index is 5.53. The molecule has 2 aliphatic rings. The lowest BCUT2D eigenvalue weighted by Crippen LogP contribution is -2.11. The molecular formula is C18H18N4O. The Bertz CT molecular complexity index is 877. The predicted octanol–water partition coefficient (Wildman–Crippen LogP) is 3.43. The summed E-state index contributed by atoms with van der Waals surface area (Å²) in [6.45, 7) is 0.987. The zero-order valence-corrected chi connectivity index (χ0v) is 13.0. The van der Waals surface area contributed by atoms with Crippen LogP contribution in [0.1, 0.15) is 36.1 Å². The van der Waals surface area contributed by atoms with Gasteiger partial charge in [-0.25, -0.2) is 0 Å². The molecule has 0 saturated heterocycles. The summed E-state index contributed by atoms with van der Waals surface area (Å²) in [4.78, 5) is 4.63. The molecule has 5 rings (SSSR count). The van der Waals surface area contributed by atoms with Gasteiger partial charge in [0.1, 0.15) is 0 Å². The highest BCUT2D eigenvalue weighted by Crippen LogP contribution is 2.30. The van der Waals surface area contributed by atoms with Crippen molar-refractivity contribution in [3.63, 3.8) is 0 Å². The van der Waals surface area contributed by atoms with E-state index >= 15 is 0 Å². The van der Waals surface area contributed by atoms with E-state index < -0.39 is 0 Å². The van der Waals surface area contributed by atoms with Gasteiger partial charge in [-0.15, -0.1) is 0 Å². The second kappa shape index (κ2) is 5.05. The maximum atomic E-state index is 5.53. The molecule has 0 unspecified atom stereocenters. The van der Waals surface area contributed by atoms with Gasteiger partial charge in [-0.05, 0) is 55.7 Å². The summed E-state index contributed by atoms with van der Waals surface area (Å²) in [5.74, 6) is 1.26. The van der Waals surface area contributed by atoms with Crippen molar-refractivity contribution in [1.29, 1.82) is 0 Å². The second-order valence-corrected chi connectivity index (χ2v) is 6.45. The largest absolute Gasteiger partial charge is 0.333 e. The SMILES string of the molecule is c1cc2c(cc1-c1noc(-c3cnn4c3CCCC4)n1)CCC2. The molecule has 0 amide bonds. The standard InChI is InChI=1S/C18H18N4O/c1-2-9-22-16(6-1)15(11-19-22)18-20-17(21-23-18)14-8-7-12-4-3-5-13(12)10-14/h7-8,10-11H,1-6,9H2. The van der Waals surface area contributed by atoms with Gasteiger partial charge in [0.15, 0.2) is 0 Å². The van der Waals surface area contributed by atoms with Crippen LogP contribution in [0.3, 0.4) is 0 Å². The van der Waals surface area contributed by atoms with E-state index in [4.69, 9.17) is 4.52 Å². The number of nitrogens with zero attached hydrogens (tertiary/aromatic N) is 4. The van der Waals surface area contributed by atoms with Crippen LogP contribution < -0.4 is 0 Å². The Hall–Kier alpha value is -2.43. The lowest BCUT2D eigenvalue weighted by atomic mass is 10.1. The van der Waals surface area contributed by atoms with E-state index in [0.717, 1.165) is 30.5 Å². The Morgan fingerprint density at radius 1 is 1.00 bits per heavy atom. The minimum absolute atomic E-state index is 0.587. The zero-order chi connectivity index (χ0) is 15.2. The third-order valence-electron chi connectivity index (χ3n) is 5.00. The average molecular weight is 306 g/mol. The predicted molar refractivity (Wildman–Crippen MR) is 85.9 cm³/mol. The lowest BCUT2D eigenvalue weighted by molar-refractivity contribution is 0.430. The number of aromatic nitrogens is 4. The topological polar surface area (TPSA) is 56.7 Å². The highest BCUT2D eigenvalue weighted by atomic mass is 16.5. The van der Waals surface area contributed by atoms with Gasteiger partial charge in [0.2, 0.25) is 5.82 Å². The molecule has 0 saturated carbocycles. The Kier molecular flexibility index (Phi) is 2.86. The van der Waals surface area contributed by atoms with Crippen molar-refractivity contribution in [2.75, 3.05) is 0 Å². The van der Waals surface area contributed by atoms with Crippen molar-refractivity contribution >= 4 is 0 Å². The first-order chi connectivity index (χ1) is 11.4. The molecule has 0 N–H and O–H groups in total. The van der Waals surface area contributed by atoms with Gasteiger partial charge < -0.3 is 4.52 Å². The molecule has 1 aliphatic carbocycles. The van der Waals surface area contributed by atoms with Crippen LogP contribution >= 0.6 is 0 Å². The summed E-state index contributed by atoms with van der Waals surface area (Å²) in [6.07, 6.45) is 8.88. The van der Waals surface area contributed by atoms with E-state index in [-0.39, 0.29) is 0 Å². The highest BCUT2D eigenvalue weighted by molar-refractivity contribution is 5.62. The second-order valence-electron chi connectivity index (χ2n) is 6.45. The first-order valence-electron chi connectivity index (χ1n) is 8.39. The number of fused-ring (bicyclic) bond motifs is 2. The van der Waals surface area contributed by atoms with Crippen molar-refractivity contribution in [1.82, 2.24) is 19.9 Å². The molecule has 0 radical (unpaired) electrons. The maximum Gasteiger partial charge on any atom is 0.261 e. The first kappa shape index (κ1) is 13.0. The molecular weight excluding hydrogens is 288 g/mol. The van der Waals surface area contributed by atoms with Gasteiger partial charge in [0.25, 0.3) is 5.89 Å². The fourth-order valence-electron chi connectivity index (χ4n) is 3.76. The number of hydrogen-bond donors (Lipinski definition) is 0. The molecule has 23 heavy (non-hydrogen) atoms. The Morgan fingerprint density at radius 3 is 2.96 bits per heavy atom. The first-order valence-corrected chi connectivity index (χ1v) is 8.39. The number of rotatable bonds is 2. The van der Waals surface area contributed by atoms with Crippen LogP contribution in [0, 0.1) is 0 Å². The summed E-state index contributed by atoms with van der Waals surface area (Å²) >= 11 is 0. The van der Waals surface area contributed by atoms with Crippen LogP contribution in [-0.2, 0) is 25.8 Å². The van der Waals surface area contributed by atoms with Gasteiger partial charge in [0, 0.05) is 12.1 Å². The van der Waals surface area contributed by atoms with Gasteiger partial charge in [-0.1, -0.05) is 17.3 Å². The smallest absolute Gasteiger partial charge is 0.261 e. The van der Waals surface area contributed by atoms with E-state index in [1.165, 1.54) is 42.5 Å². The van der Waals surface area contributed by atoms with Crippen LogP contribution in [0.5, 0.6) is 0 Å².